The minimum atomic E-state index is -1.25. The van der Waals surface area contributed by atoms with Gasteiger partial charge in [0, 0.05) is 13.1 Å². The highest BCUT2D eigenvalue weighted by atomic mass is 16.4. The van der Waals surface area contributed by atoms with E-state index < -0.39 is 11.5 Å². The van der Waals surface area contributed by atoms with Crippen LogP contribution in [0.4, 0.5) is 4.79 Å². The van der Waals surface area contributed by atoms with Gasteiger partial charge in [-0.2, -0.15) is 0 Å². The van der Waals surface area contributed by atoms with Gasteiger partial charge in [0.25, 0.3) is 0 Å². The molecule has 1 unspecified atom stereocenters. The summed E-state index contributed by atoms with van der Waals surface area (Å²) in [6.07, 6.45) is 0. The molecule has 0 bridgehead atoms. The van der Waals surface area contributed by atoms with E-state index in [0.717, 1.165) is 0 Å². The molecular weight excluding hydrogens is 208 g/mol. The van der Waals surface area contributed by atoms with E-state index in [1.807, 2.05) is 20.8 Å². The Morgan fingerprint density at radius 1 is 1.25 bits per heavy atom. The Morgan fingerprint density at radius 3 is 2.00 bits per heavy atom. The highest BCUT2D eigenvalue weighted by Gasteiger charge is 2.31. The van der Waals surface area contributed by atoms with Crippen LogP contribution in [0, 0.1) is 5.92 Å². The summed E-state index contributed by atoms with van der Waals surface area (Å²) in [5.74, 6) is -0.727. The van der Waals surface area contributed by atoms with E-state index in [1.165, 1.54) is 18.7 Å². The molecule has 0 aromatic carbocycles. The second kappa shape index (κ2) is 5.18. The number of nitrogens with one attached hydrogen (secondary N) is 1. The Balaban J connectivity index is 4.54. The predicted octanol–water partition coefficient (Wildman–Crippen LogP) is 1.54. The van der Waals surface area contributed by atoms with Crippen LogP contribution in [0.5, 0.6) is 0 Å². The summed E-state index contributed by atoms with van der Waals surface area (Å²) in [6, 6.07) is -0.307. The van der Waals surface area contributed by atoms with Crippen molar-refractivity contribution >= 4 is 12.0 Å². The van der Waals surface area contributed by atoms with Crippen molar-refractivity contribution < 1.29 is 14.7 Å². The largest absolute Gasteiger partial charge is 0.480 e. The number of carbonyl (C=O) groups is 2. The molecule has 0 aliphatic rings. The van der Waals surface area contributed by atoms with Gasteiger partial charge in [0.2, 0.25) is 0 Å². The fourth-order valence-corrected chi connectivity index (χ4v) is 1.04. The third-order valence-electron chi connectivity index (χ3n) is 2.85. The maximum absolute atomic E-state index is 11.8. The van der Waals surface area contributed by atoms with Gasteiger partial charge in [0.15, 0.2) is 0 Å². The number of carboxylic acids is 1. The van der Waals surface area contributed by atoms with E-state index in [1.54, 1.807) is 7.05 Å². The van der Waals surface area contributed by atoms with Crippen molar-refractivity contribution in [2.24, 2.45) is 5.92 Å². The van der Waals surface area contributed by atoms with Gasteiger partial charge in [-0.05, 0) is 26.7 Å². The van der Waals surface area contributed by atoms with Crippen molar-refractivity contribution in [3.63, 3.8) is 0 Å². The first-order chi connectivity index (χ1) is 7.09. The molecule has 0 aliphatic carbocycles. The number of nitrogens with zero attached hydrogens (tertiary/aromatic N) is 1. The molecule has 0 aliphatic heterocycles. The first-order valence-corrected chi connectivity index (χ1v) is 5.38. The van der Waals surface area contributed by atoms with Gasteiger partial charge < -0.3 is 15.3 Å². The van der Waals surface area contributed by atoms with Crippen molar-refractivity contribution in [2.45, 2.75) is 46.2 Å². The second-order valence-corrected chi connectivity index (χ2v) is 4.96. The summed E-state index contributed by atoms with van der Waals surface area (Å²) < 4.78 is 0. The van der Waals surface area contributed by atoms with Gasteiger partial charge in [-0.1, -0.05) is 13.8 Å². The molecular formula is C11H22N2O3. The van der Waals surface area contributed by atoms with Gasteiger partial charge in [-0.3, -0.25) is 0 Å². The standard InChI is InChI=1S/C11H22N2O3/c1-7(2)8(3)13(6)10(16)12-11(4,5)9(14)15/h7-8H,1-6H3,(H,12,16)(H,14,15). The number of hydrogen-bond donors (Lipinski definition) is 2. The van der Waals surface area contributed by atoms with E-state index >= 15 is 0 Å². The topological polar surface area (TPSA) is 69.6 Å². The highest BCUT2D eigenvalue weighted by molar-refractivity contribution is 5.85. The SMILES string of the molecule is CC(C)C(C)N(C)C(=O)NC(C)(C)C(=O)O. The van der Waals surface area contributed by atoms with Crippen LogP contribution in [0.25, 0.3) is 0 Å². The molecule has 0 fully saturated rings. The molecule has 0 saturated heterocycles. The third kappa shape index (κ3) is 3.72. The van der Waals surface area contributed by atoms with E-state index in [4.69, 9.17) is 5.11 Å². The number of carbonyl (C=O) groups excluding carboxylic acids is 1. The van der Waals surface area contributed by atoms with Gasteiger partial charge in [0.05, 0.1) is 0 Å². The first-order valence-electron chi connectivity index (χ1n) is 5.38. The fraction of sp³-hybridized carbons (Fsp3) is 0.818. The number of urea groups is 1. The molecule has 0 aromatic heterocycles. The minimum Gasteiger partial charge on any atom is -0.480 e. The Hall–Kier alpha value is -1.26. The monoisotopic (exact) mass is 230 g/mol. The van der Waals surface area contributed by atoms with Crippen LogP contribution in [0.3, 0.4) is 0 Å². The van der Waals surface area contributed by atoms with Gasteiger partial charge in [-0.15, -0.1) is 0 Å². The lowest BCUT2D eigenvalue weighted by molar-refractivity contribution is -0.143. The van der Waals surface area contributed by atoms with Crippen LogP contribution in [0.1, 0.15) is 34.6 Å². The van der Waals surface area contributed by atoms with E-state index in [2.05, 4.69) is 5.32 Å². The summed E-state index contributed by atoms with van der Waals surface area (Å²) in [5, 5.41) is 11.4. The lowest BCUT2D eigenvalue weighted by Crippen LogP contribution is -2.55. The molecule has 1 atom stereocenters. The molecule has 0 aromatic rings. The summed E-state index contributed by atoms with van der Waals surface area (Å²) in [6.45, 7) is 8.87. The Labute approximate surface area is 96.8 Å². The normalized spacial score (nSPS) is 13.4. The molecule has 16 heavy (non-hydrogen) atoms. The number of hydrogen-bond acceptors (Lipinski definition) is 2. The van der Waals surface area contributed by atoms with Crippen LogP contribution >= 0.6 is 0 Å². The average molecular weight is 230 g/mol. The molecule has 0 radical (unpaired) electrons. The molecule has 0 spiro atoms. The molecule has 0 heterocycles. The summed E-state index contributed by atoms with van der Waals surface area (Å²) in [5.41, 5.74) is -1.25. The van der Waals surface area contributed by atoms with Crippen molar-refractivity contribution in [3.8, 4) is 0 Å². The van der Waals surface area contributed by atoms with Gasteiger partial charge in [0.1, 0.15) is 5.54 Å². The number of carboxylic acid groups (broad SMARTS) is 1. The minimum absolute atomic E-state index is 0.0598. The Morgan fingerprint density at radius 2 is 1.69 bits per heavy atom. The molecule has 2 N–H and O–H groups in total. The zero-order valence-corrected chi connectivity index (χ0v) is 10.9. The number of rotatable bonds is 4. The van der Waals surface area contributed by atoms with Gasteiger partial charge in [-0.25, -0.2) is 9.59 Å². The van der Waals surface area contributed by atoms with E-state index in [-0.39, 0.29) is 12.1 Å². The first kappa shape index (κ1) is 14.7. The van der Waals surface area contributed by atoms with Crippen molar-refractivity contribution in [1.82, 2.24) is 10.2 Å². The summed E-state index contributed by atoms with van der Waals surface area (Å²) in [7, 11) is 1.66. The van der Waals surface area contributed by atoms with Crippen LogP contribution in [-0.2, 0) is 4.79 Å². The van der Waals surface area contributed by atoms with Gasteiger partial charge >= 0.3 is 12.0 Å². The van der Waals surface area contributed by atoms with Crippen molar-refractivity contribution in [1.29, 1.82) is 0 Å². The lowest BCUT2D eigenvalue weighted by Gasteiger charge is -2.31. The molecule has 0 saturated carbocycles. The quantitative estimate of drug-likeness (QED) is 0.769. The van der Waals surface area contributed by atoms with Crippen LogP contribution in [0.2, 0.25) is 0 Å². The summed E-state index contributed by atoms with van der Waals surface area (Å²) >= 11 is 0. The van der Waals surface area contributed by atoms with E-state index in [0.29, 0.717) is 5.92 Å². The molecule has 94 valence electrons. The maximum atomic E-state index is 11.8. The predicted molar refractivity (Wildman–Crippen MR) is 62.3 cm³/mol. The highest BCUT2D eigenvalue weighted by Crippen LogP contribution is 2.10. The zero-order chi connectivity index (χ0) is 13.1. The molecule has 0 rings (SSSR count). The van der Waals surface area contributed by atoms with E-state index in [9.17, 15) is 9.59 Å². The lowest BCUT2D eigenvalue weighted by atomic mass is 10.0. The summed E-state index contributed by atoms with van der Waals surface area (Å²) in [4.78, 5) is 24.1. The maximum Gasteiger partial charge on any atom is 0.328 e. The van der Waals surface area contributed by atoms with Crippen molar-refractivity contribution in [3.05, 3.63) is 0 Å². The van der Waals surface area contributed by atoms with Crippen molar-refractivity contribution in [2.75, 3.05) is 7.05 Å². The third-order valence-corrected chi connectivity index (χ3v) is 2.85. The number of aliphatic carboxylic acids is 1. The smallest absolute Gasteiger partial charge is 0.328 e. The molecule has 5 nitrogen and oxygen atoms in total. The number of amides is 2. The van der Waals surface area contributed by atoms with Crippen LogP contribution in [0.15, 0.2) is 0 Å². The van der Waals surface area contributed by atoms with Crippen LogP contribution < -0.4 is 5.32 Å². The molecule has 5 heteroatoms. The van der Waals surface area contributed by atoms with Crippen LogP contribution in [-0.4, -0.2) is 40.6 Å². The fourth-order valence-electron chi connectivity index (χ4n) is 1.04. The Bertz CT molecular complexity index is 274. The molecule has 2 amide bonds. The Kier molecular flexibility index (Phi) is 4.78. The average Bonchev–Trinajstić information content (AvgIpc) is 2.14. The second-order valence-electron chi connectivity index (χ2n) is 4.96. The zero-order valence-electron chi connectivity index (χ0n) is 10.9.